The first-order valence-corrected chi connectivity index (χ1v) is 5.05. The molecule has 1 aromatic rings. The molecule has 0 spiro atoms. The number of likely N-dealkylation sites (N-methyl/N-ethyl adjacent to an activating group) is 1. The van der Waals surface area contributed by atoms with Gasteiger partial charge in [0.15, 0.2) is 0 Å². The summed E-state index contributed by atoms with van der Waals surface area (Å²) in [6.45, 7) is 5.82. The predicted octanol–water partition coefficient (Wildman–Crippen LogP) is -0.308. The van der Waals surface area contributed by atoms with Crippen LogP contribution in [0, 0.1) is 12.3 Å². The molecule has 0 aliphatic carbocycles. The third kappa shape index (κ3) is 3.70. The third-order valence-corrected chi connectivity index (χ3v) is 2.20. The lowest BCUT2D eigenvalue weighted by Crippen LogP contribution is -2.27. The Balaban J connectivity index is 2.38. The van der Waals surface area contributed by atoms with Gasteiger partial charge in [-0.25, -0.2) is 0 Å². The molecule has 0 fully saturated rings. The van der Waals surface area contributed by atoms with E-state index in [0.29, 0.717) is 13.1 Å². The molecule has 2 N–H and O–H groups in total. The van der Waals surface area contributed by atoms with Crippen molar-refractivity contribution in [3.8, 4) is 12.3 Å². The second-order valence-electron chi connectivity index (χ2n) is 3.25. The maximum atomic E-state index is 5.44. The monoisotopic (exact) mass is 207 g/mol. The minimum absolute atomic E-state index is 0.432. The topological polar surface area (TPSA) is 60.0 Å². The Hall–Kier alpha value is -1.38. The van der Waals surface area contributed by atoms with Crippen LogP contribution in [0.4, 0.5) is 0 Å². The van der Waals surface area contributed by atoms with Crippen molar-refractivity contribution in [1.82, 2.24) is 19.9 Å². The quantitative estimate of drug-likeness (QED) is 0.650. The second-order valence-corrected chi connectivity index (χ2v) is 3.25. The summed E-state index contributed by atoms with van der Waals surface area (Å²) >= 11 is 0. The lowest BCUT2D eigenvalue weighted by Gasteiger charge is -2.16. The molecule has 0 saturated carbocycles. The molecule has 0 aromatic carbocycles. The fraction of sp³-hybridized carbons (Fsp3) is 0.600. The average Bonchev–Trinajstić information content (AvgIpc) is 2.72. The van der Waals surface area contributed by atoms with Crippen LogP contribution in [0.5, 0.6) is 0 Å². The van der Waals surface area contributed by atoms with Crippen molar-refractivity contribution in [2.45, 2.75) is 20.0 Å². The van der Waals surface area contributed by atoms with E-state index in [1.807, 2.05) is 6.20 Å². The van der Waals surface area contributed by atoms with Crippen LogP contribution >= 0.6 is 0 Å². The van der Waals surface area contributed by atoms with Crippen LogP contribution in [0.25, 0.3) is 0 Å². The highest BCUT2D eigenvalue weighted by Crippen LogP contribution is 1.93. The zero-order valence-corrected chi connectivity index (χ0v) is 9.06. The van der Waals surface area contributed by atoms with Crippen LogP contribution in [-0.2, 0) is 13.1 Å². The maximum absolute atomic E-state index is 5.44. The molecule has 1 aromatic heterocycles. The van der Waals surface area contributed by atoms with Crippen molar-refractivity contribution in [3.63, 3.8) is 0 Å². The molecule has 0 amide bonds. The van der Waals surface area contributed by atoms with Gasteiger partial charge in [-0.1, -0.05) is 18.1 Å². The van der Waals surface area contributed by atoms with E-state index in [4.69, 9.17) is 12.2 Å². The molecule has 15 heavy (non-hydrogen) atoms. The Morgan fingerprint density at radius 3 is 3.00 bits per heavy atom. The number of nitrogens with two attached hydrogens (primary N) is 1. The molecule has 1 heterocycles. The largest absolute Gasteiger partial charge is 0.325 e. The first-order chi connectivity index (χ1) is 7.30. The fourth-order valence-electron chi connectivity index (χ4n) is 1.26. The molecular formula is C10H17N5. The van der Waals surface area contributed by atoms with Gasteiger partial charge >= 0.3 is 0 Å². The molecule has 0 aliphatic rings. The van der Waals surface area contributed by atoms with Crippen LogP contribution in [-0.4, -0.2) is 39.5 Å². The van der Waals surface area contributed by atoms with E-state index in [9.17, 15) is 0 Å². The summed E-state index contributed by atoms with van der Waals surface area (Å²) < 4.78 is 1.79. The number of hydrogen-bond donors (Lipinski definition) is 1. The molecule has 82 valence electrons. The smallest absolute Gasteiger partial charge is 0.0962 e. The Kier molecular flexibility index (Phi) is 4.81. The van der Waals surface area contributed by atoms with Crippen LogP contribution in [0.3, 0.4) is 0 Å². The van der Waals surface area contributed by atoms with Crippen molar-refractivity contribution in [1.29, 1.82) is 0 Å². The van der Waals surface area contributed by atoms with Crippen LogP contribution in [0.1, 0.15) is 12.6 Å². The normalized spacial score (nSPS) is 10.5. The molecule has 0 aliphatic heterocycles. The highest BCUT2D eigenvalue weighted by Gasteiger charge is 2.02. The molecule has 5 nitrogen and oxygen atoms in total. The SMILES string of the molecule is C#CCN(CC)CCn1cc(CN)nn1. The van der Waals surface area contributed by atoms with Crippen molar-refractivity contribution in [2.24, 2.45) is 5.73 Å². The molecule has 1 rings (SSSR count). The van der Waals surface area contributed by atoms with Gasteiger partial charge in [-0.15, -0.1) is 11.5 Å². The lowest BCUT2D eigenvalue weighted by molar-refractivity contribution is 0.301. The summed E-state index contributed by atoms with van der Waals surface area (Å²) in [5, 5.41) is 7.88. The lowest BCUT2D eigenvalue weighted by atomic mass is 10.4. The Labute approximate surface area is 90.2 Å². The molecule has 0 unspecified atom stereocenters. The zero-order valence-electron chi connectivity index (χ0n) is 9.06. The molecular weight excluding hydrogens is 190 g/mol. The number of hydrogen-bond acceptors (Lipinski definition) is 4. The van der Waals surface area contributed by atoms with E-state index in [1.54, 1.807) is 4.68 Å². The second kappa shape index (κ2) is 6.17. The van der Waals surface area contributed by atoms with Gasteiger partial charge in [0, 0.05) is 19.3 Å². The van der Waals surface area contributed by atoms with Gasteiger partial charge in [0.2, 0.25) is 0 Å². The Morgan fingerprint density at radius 1 is 1.67 bits per heavy atom. The summed E-state index contributed by atoms with van der Waals surface area (Å²) in [4.78, 5) is 2.17. The van der Waals surface area contributed by atoms with Gasteiger partial charge in [-0.3, -0.25) is 9.58 Å². The van der Waals surface area contributed by atoms with Crippen molar-refractivity contribution in [2.75, 3.05) is 19.6 Å². The standard InChI is InChI=1S/C10H17N5/c1-3-5-14(4-2)6-7-15-9-10(8-11)12-13-15/h1,9H,4-8,11H2,2H3. The van der Waals surface area contributed by atoms with Crippen molar-refractivity contribution in [3.05, 3.63) is 11.9 Å². The van der Waals surface area contributed by atoms with E-state index < -0.39 is 0 Å². The number of aromatic nitrogens is 3. The molecule has 0 radical (unpaired) electrons. The average molecular weight is 207 g/mol. The maximum Gasteiger partial charge on any atom is 0.0962 e. The number of terminal acetylenes is 1. The van der Waals surface area contributed by atoms with Crippen LogP contribution in [0.2, 0.25) is 0 Å². The molecule has 0 saturated heterocycles. The first-order valence-electron chi connectivity index (χ1n) is 5.05. The predicted molar refractivity (Wildman–Crippen MR) is 58.9 cm³/mol. The van der Waals surface area contributed by atoms with Gasteiger partial charge in [-0.05, 0) is 6.54 Å². The van der Waals surface area contributed by atoms with E-state index in [2.05, 4.69) is 28.1 Å². The third-order valence-electron chi connectivity index (χ3n) is 2.20. The Morgan fingerprint density at radius 2 is 2.47 bits per heavy atom. The van der Waals surface area contributed by atoms with E-state index in [1.165, 1.54) is 0 Å². The van der Waals surface area contributed by atoms with E-state index >= 15 is 0 Å². The fourth-order valence-corrected chi connectivity index (χ4v) is 1.26. The minimum Gasteiger partial charge on any atom is -0.325 e. The molecule has 0 bridgehead atoms. The van der Waals surface area contributed by atoms with Crippen molar-refractivity contribution < 1.29 is 0 Å². The van der Waals surface area contributed by atoms with E-state index in [-0.39, 0.29) is 0 Å². The highest BCUT2D eigenvalue weighted by atomic mass is 15.4. The van der Waals surface area contributed by atoms with Crippen molar-refractivity contribution >= 4 is 0 Å². The summed E-state index contributed by atoms with van der Waals surface area (Å²) in [5.74, 6) is 2.63. The van der Waals surface area contributed by atoms with Gasteiger partial charge < -0.3 is 5.73 Å². The number of rotatable bonds is 6. The summed E-state index contributed by atoms with van der Waals surface area (Å²) in [5.41, 5.74) is 6.26. The van der Waals surface area contributed by atoms with Gasteiger partial charge in [0.05, 0.1) is 18.8 Å². The highest BCUT2D eigenvalue weighted by molar-refractivity contribution is 4.91. The van der Waals surface area contributed by atoms with Crippen LogP contribution < -0.4 is 5.73 Å². The van der Waals surface area contributed by atoms with Crippen LogP contribution in [0.15, 0.2) is 6.20 Å². The zero-order chi connectivity index (χ0) is 11.1. The van der Waals surface area contributed by atoms with Gasteiger partial charge in [0.1, 0.15) is 0 Å². The minimum atomic E-state index is 0.432. The van der Waals surface area contributed by atoms with E-state index in [0.717, 1.165) is 25.3 Å². The summed E-state index contributed by atoms with van der Waals surface area (Å²) in [6.07, 6.45) is 7.12. The number of nitrogens with zero attached hydrogens (tertiary/aromatic N) is 4. The first kappa shape index (κ1) is 11.7. The molecule has 0 atom stereocenters. The van der Waals surface area contributed by atoms with Gasteiger partial charge in [-0.2, -0.15) is 0 Å². The summed E-state index contributed by atoms with van der Waals surface area (Å²) in [7, 11) is 0. The Bertz CT molecular complexity index is 325. The molecule has 5 heteroatoms. The summed E-state index contributed by atoms with van der Waals surface area (Å²) in [6, 6.07) is 0. The van der Waals surface area contributed by atoms with Gasteiger partial charge in [0.25, 0.3) is 0 Å².